The summed E-state index contributed by atoms with van der Waals surface area (Å²) >= 11 is 7.72. The van der Waals surface area contributed by atoms with E-state index in [0.29, 0.717) is 77.7 Å². The van der Waals surface area contributed by atoms with E-state index < -0.39 is 17.5 Å². The number of likely N-dealkylation sites (tertiary alicyclic amines) is 1. The Morgan fingerprint density at radius 3 is 2.66 bits per heavy atom. The molecule has 3 aromatic heterocycles. The van der Waals surface area contributed by atoms with Gasteiger partial charge in [-0.1, -0.05) is 11.6 Å². The lowest BCUT2D eigenvalue weighted by Gasteiger charge is -2.42. The summed E-state index contributed by atoms with van der Waals surface area (Å²) in [5.41, 5.74) is 3.37. The van der Waals surface area contributed by atoms with Crippen molar-refractivity contribution in [3.05, 3.63) is 73.4 Å². The standard InChI is InChI=1S/C33H33ClN6O6S/c1-17-13-22(28-27(35-17)24(16-47-28)30(42)43)21-14-19(34)3-6-26(21)46-12-11-40-18(2)36-25-5-4-20(15-23(25)29(40)41)39-9-7-33(8-10-39)31(44)37-32(45)38-33/h3,6,13-14,16,20H,4-5,7-12,15H2,1-2H3,(H,42,43)(H2,37,38,44,45)/t20-/m0/s1. The number of aryl methyl sites for hydroxylation is 3. The van der Waals surface area contributed by atoms with Crippen molar-refractivity contribution in [3.63, 3.8) is 0 Å². The quantitative estimate of drug-likeness (QED) is 0.245. The van der Waals surface area contributed by atoms with E-state index >= 15 is 0 Å². The van der Waals surface area contributed by atoms with Crippen molar-refractivity contribution in [1.29, 1.82) is 0 Å². The number of benzene rings is 1. The molecule has 3 amide bonds. The Morgan fingerprint density at radius 1 is 1.15 bits per heavy atom. The van der Waals surface area contributed by atoms with Crippen LogP contribution in [0.5, 0.6) is 5.75 Å². The largest absolute Gasteiger partial charge is 0.491 e. The Balaban J connectivity index is 1.08. The molecule has 0 saturated carbocycles. The molecule has 2 fully saturated rings. The Kier molecular flexibility index (Phi) is 8.01. The smallest absolute Gasteiger partial charge is 0.338 e. The number of thiophene rings is 1. The maximum absolute atomic E-state index is 13.8. The Hall–Kier alpha value is -4.33. The summed E-state index contributed by atoms with van der Waals surface area (Å²) in [6.07, 6.45) is 3.22. The fourth-order valence-corrected chi connectivity index (χ4v) is 8.29. The number of piperidine rings is 1. The molecule has 14 heteroatoms. The molecule has 0 radical (unpaired) electrons. The molecule has 7 rings (SSSR count). The molecule has 3 N–H and O–H groups in total. The van der Waals surface area contributed by atoms with Gasteiger partial charge in [0, 0.05) is 51.9 Å². The van der Waals surface area contributed by atoms with Crippen LogP contribution in [0, 0.1) is 13.8 Å². The van der Waals surface area contributed by atoms with Gasteiger partial charge in [0.15, 0.2) is 0 Å². The third-order valence-electron chi connectivity index (χ3n) is 9.56. The molecule has 0 bridgehead atoms. The van der Waals surface area contributed by atoms with Crippen LogP contribution in [-0.2, 0) is 24.2 Å². The van der Waals surface area contributed by atoms with Crippen molar-refractivity contribution >= 4 is 51.1 Å². The molecule has 4 aromatic rings. The Morgan fingerprint density at radius 2 is 1.94 bits per heavy atom. The van der Waals surface area contributed by atoms with Gasteiger partial charge in [-0.2, -0.15) is 0 Å². The average Bonchev–Trinajstić information content (AvgIpc) is 3.58. The molecule has 12 nitrogen and oxygen atoms in total. The summed E-state index contributed by atoms with van der Waals surface area (Å²) < 4.78 is 8.66. The van der Waals surface area contributed by atoms with Gasteiger partial charge in [0.1, 0.15) is 23.7 Å². The molecule has 1 aliphatic carbocycles. The topological polar surface area (TPSA) is 156 Å². The number of imide groups is 1. The van der Waals surface area contributed by atoms with Crippen LogP contribution < -0.4 is 20.9 Å². The Labute approximate surface area is 278 Å². The van der Waals surface area contributed by atoms with E-state index in [1.54, 1.807) is 28.1 Å². The third-order valence-corrected chi connectivity index (χ3v) is 10.8. The molecule has 1 spiro atoms. The second-order valence-corrected chi connectivity index (χ2v) is 13.7. The van der Waals surface area contributed by atoms with Gasteiger partial charge in [-0.25, -0.2) is 14.6 Å². The number of aromatic nitrogens is 3. The first-order valence-electron chi connectivity index (χ1n) is 15.5. The van der Waals surface area contributed by atoms with Crippen LogP contribution in [0.15, 0.2) is 34.4 Å². The van der Waals surface area contributed by atoms with Gasteiger partial charge < -0.3 is 15.2 Å². The fraction of sp³-hybridized carbons (Fsp3) is 0.394. The number of halogens is 1. The summed E-state index contributed by atoms with van der Waals surface area (Å²) in [6, 6.07) is 6.91. The minimum Gasteiger partial charge on any atom is -0.491 e. The number of urea groups is 1. The number of aromatic carboxylic acids is 1. The van der Waals surface area contributed by atoms with Crippen LogP contribution in [0.1, 0.15) is 52.4 Å². The monoisotopic (exact) mass is 676 g/mol. The van der Waals surface area contributed by atoms with E-state index in [1.807, 2.05) is 19.9 Å². The van der Waals surface area contributed by atoms with Gasteiger partial charge >= 0.3 is 12.0 Å². The maximum atomic E-state index is 13.8. The molecule has 1 atom stereocenters. The lowest BCUT2D eigenvalue weighted by Crippen LogP contribution is -2.57. The number of pyridine rings is 1. The van der Waals surface area contributed by atoms with Crippen molar-refractivity contribution in [2.45, 2.75) is 64.1 Å². The number of nitrogens with one attached hydrogen (secondary N) is 2. The first kappa shape index (κ1) is 31.3. The van der Waals surface area contributed by atoms with Crippen molar-refractivity contribution in [2.24, 2.45) is 0 Å². The van der Waals surface area contributed by atoms with Crippen molar-refractivity contribution < 1.29 is 24.2 Å². The van der Waals surface area contributed by atoms with Crippen molar-refractivity contribution in [1.82, 2.24) is 30.1 Å². The summed E-state index contributed by atoms with van der Waals surface area (Å²) in [5.74, 6) is -0.111. The molecule has 244 valence electrons. The molecule has 5 heterocycles. The molecule has 2 aliphatic heterocycles. The number of hydrogen-bond donors (Lipinski definition) is 3. The van der Waals surface area contributed by atoms with Crippen LogP contribution in [0.3, 0.4) is 0 Å². The van der Waals surface area contributed by atoms with E-state index in [4.69, 9.17) is 21.3 Å². The van der Waals surface area contributed by atoms with Crippen molar-refractivity contribution in [2.75, 3.05) is 19.7 Å². The summed E-state index contributed by atoms with van der Waals surface area (Å²) in [5, 5.41) is 16.9. The van der Waals surface area contributed by atoms with Gasteiger partial charge in [-0.15, -0.1) is 11.3 Å². The maximum Gasteiger partial charge on any atom is 0.338 e. The highest BCUT2D eigenvalue weighted by molar-refractivity contribution is 7.18. The highest BCUT2D eigenvalue weighted by atomic mass is 35.5. The van der Waals surface area contributed by atoms with E-state index in [-0.39, 0.29) is 36.2 Å². The van der Waals surface area contributed by atoms with E-state index in [1.165, 1.54) is 11.3 Å². The molecule has 2 saturated heterocycles. The zero-order valence-electron chi connectivity index (χ0n) is 25.9. The second kappa shape index (κ2) is 12.0. The average molecular weight is 677 g/mol. The number of fused-ring (bicyclic) bond motifs is 2. The number of amides is 3. The number of hydrogen-bond acceptors (Lipinski definition) is 9. The number of rotatable bonds is 7. The van der Waals surface area contributed by atoms with Crippen LogP contribution >= 0.6 is 22.9 Å². The predicted molar refractivity (Wildman–Crippen MR) is 177 cm³/mol. The number of nitrogens with zero attached hydrogens (tertiary/aromatic N) is 4. The van der Waals surface area contributed by atoms with Gasteiger partial charge in [0.25, 0.3) is 11.5 Å². The van der Waals surface area contributed by atoms with E-state index in [0.717, 1.165) is 22.4 Å². The van der Waals surface area contributed by atoms with Gasteiger partial charge in [-0.3, -0.25) is 29.4 Å². The highest BCUT2D eigenvalue weighted by Gasteiger charge is 2.48. The fourth-order valence-electron chi connectivity index (χ4n) is 7.11. The summed E-state index contributed by atoms with van der Waals surface area (Å²) in [7, 11) is 0. The van der Waals surface area contributed by atoms with Crippen LogP contribution in [-0.4, -0.2) is 73.7 Å². The zero-order chi connectivity index (χ0) is 33.0. The second-order valence-electron chi connectivity index (χ2n) is 12.4. The lowest BCUT2D eigenvalue weighted by atomic mass is 9.84. The van der Waals surface area contributed by atoms with Crippen LogP contribution in [0.25, 0.3) is 21.3 Å². The molecule has 3 aliphatic rings. The van der Waals surface area contributed by atoms with Gasteiger partial charge in [-0.05, 0) is 70.2 Å². The number of carbonyl (C=O) groups excluding carboxylic acids is 2. The number of carboxylic acid groups (broad SMARTS) is 1. The van der Waals surface area contributed by atoms with E-state index in [2.05, 4.69) is 20.5 Å². The number of carbonyl (C=O) groups is 3. The summed E-state index contributed by atoms with van der Waals surface area (Å²) in [6.45, 7) is 5.44. The van der Waals surface area contributed by atoms with Crippen molar-refractivity contribution in [3.8, 4) is 16.9 Å². The normalized spacial score (nSPS) is 19.1. The van der Waals surface area contributed by atoms with E-state index in [9.17, 15) is 24.3 Å². The first-order chi connectivity index (χ1) is 22.5. The first-order valence-corrected chi connectivity index (χ1v) is 16.8. The summed E-state index contributed by atoms with van der Waals surface area (Å²) in [4.78, 5) is 61.4. The SMILES string of the molecule is Cc1cc(-c2cc(Cl)ccc2OCCn2c(C)nc3c(c2=O)C[C@@H](N2CCC4(CC2)NC(=O)NC4=O)CC3)c2scc(C(=O)O)c2n1. The lowest BCUT2D eigenvalue weighted by molar-refractivity contribution is -0.125. The molecule has 47 heavy (non-hydrogen) atoms. The van der Waals surface area contributed by atoms with Gasteiger partial charge in [0.2, 0.25) is 0 Å². The molecule has 0 unspecified atom stereocenters. The highest BCUT2D eigenvalue weighted by Crippen LogP contribution is 2.40. The Bertz CT molecular complexity index is 2020. The molecular formula is C33H33ClN6O6S. The molecule has 1 aromatic carbocycles. The number of carboxylic acids is 1. The number of ether oxygens (including phenoxy) is 1. The van der Waals surface area contributed by atoms with Crippen LogP contribution in [0.2, 0.25) is 5.02 Å². The molecular weight excluding hydrogens is 644 g/mol. The predicted octanol–water partition coefficient (Wildman–Crippen LogP) is 4.10. The third kappa shape index (κ3) is 5.66. The minimum atomic E-state index is -1.04. The van der Waals surface area contributed by atoms with Crippen LogP contribution in [0.4, 0.5) is 4.79 Å². The zero-order valence-corrected chi connectivity index (χ0v) is 27.5. The minimum absolute atomic E-state index is 0.0701. The van der Waals surface area contributed by atoms with Gasteiger partial charge in [0.05, 0.1) is 28.0 Å².